The second kappa shape index (κ2) is 8.27. The van der Waals surface area contributed by atoms with Crippen LogP contribution in [0.4, 0.5) is 0 Å². The molecule has 1 rings (SSSR count). The van der Waals surface area contributed by atoms with Gasteiger partial charge in [-0.2, -0.15) is 0 Å². The quantitative estimate of drug-likeness (QED) is 0.761. The lowest BCUT2D eigenvalue weighted by molar-refractivity contribution is 0.412. The molecule has 20 heavy (non-hydrogen) atoms. The van der Waals surface area contributed by atoms with Gasteiger partial charge in [-0.05, 0) is 43.5 Å². The van der Waals surface area contributed by atoms with E-state index in [1.807, 2.05) is 18.2 Å². The van der Waals surface area contributed by atoms with E-state index in [9.17, 15) is 8.42 Å². The molecule has 0 saturated heterocycles. The average molecular weight is 299 g/mol. The number of hydrogen-bond donors (Lipinski definition) is 1. The summed E-state index contributed by atoms with van der Waals surface area (Å²) in [6, 6.07) is 8.11. The Balaban J connectivity index is 2.71. The molecule has 0 saturated carbocycles. The first-order valence-corrected chi connectivity index (χ1v) is 9.07. The Hall–Kier alpha value is -1.07. The highest BCUT2D eigenvalue weighted by molar-refractivity contribution is 7.90. The number of benzene rings is 1. The minimum absolute atomic E-state index is 0.173. The van der Waals surface area contributed by atoms with E-state index in [-0.39, 0.29) is 11.8 Å². The first kappa shape index (κ1) is 17.0. The van der Waals surface area contributed by atoms with Crippen LogP contribution in [0.3, 0.4) is 0 Å². The maximum absolute atomic E-state index is 11.2. The number of rotatable bonds is 9. The summed E-state index contributed by atoms with van der Waals surface area (Å²) in [6.07, 6.45) is 3.80. The molecule has 1 unspecified atom stereocenters. The largest absolute Gasteiger partial charge is 0.497 e. The summed E-state index contributed by atoms with van der Waals surface area (Å²) in [4.78, 5) is 0. The Morgan fingerprint density at radius 1 is 1.35 bits per heavy atom. The normalized spacial score (nSPS) is 13.2. The predicted octanol–water partition coefficient (Wildman–Crippen LogP) is 2.56. The third-order valence-corrected chi connectivity index (χ3v) is 4.18. The van der Waals surface area contributed by atoms with Gasteiger partial charge < -0.3 is 10.1 Å². The minimum Gasteiger partial charge on any atom is -0.497 e. The monoisotopic (exact) mass is 299 g/mol. The first-order chi connectivity index (χ1) is 9.46. The Morgan fingerprint density at radius 2 is 2.10 bits per heavy atom. The van der Waals surface area contributed by atoms with Crippen LogP contribution < -0.4 is 10.1 Å². The van der Waals surface area contributed by atoms with Crippen molar-refractivity contribution < 1.29 is 13.2 Å². The molecule has 4 nitrogen and oxygen atoms in total. The topological polar surface area (TPSA) is 55.4 Å². The number of methoxy groups -OCH3 is 1. The van der Waals surface area contributed by atoms with Crippen molar-refractivity contribution in [2.45, 2.75) is 32.2 Å². The van der Waals surface area contributed by atoms with Gasteiger partial charge in [-0.3, -0.25) is 0 Å². The Bertz CT molecular complexity index is 500. The minimum atomic E-state index is -2.89. The summed E-state index contributed by atoms with van der Waals surface area (Å²) in [5, 5.41) is 3.47. The van der Waals surface area contributed by atoms with E-state index >= 15 is 0 Å². The predicted molar refractivity (Wildman–Crippen MR) is 83.0 cm³/mol. The summed E-state index contributed by atoms with van der Waals surface area (Å²) in [5.74, 6) is 1.07. The molecule has 0 aliphatic heterocycles. The van der Waals surface area contributed by atoms with Gasteiger partial charge in [0.15, 0.2) is 0 Å². The molecule has 0 heterocycles. The summed E-state index contributed by atoms with van der Waals surface area (Å²) < 4.78 is 27.7. The van der Waals surface area contributed by atoms with Crippen molar-refractivity contribution in [2.24, 2.45) is 0 Å². The smallest absolute Gasteiger partial charge is 0.147 e. The summed E-state index contributed by atoms with van der Waals surface area (Å²) >= 11 is 0. The molecular weight excluding hydrogens is 274 g/mol. The third-order valence-electron chi connectivity index (χ3n) is 3.14. The molecule has 0 bridgehead atoms. The lowest BCUT2D eigenvalue weighted by atomic mass is 10.0. The van der Waals surface area contributed by atoms with E-state index in [1.54, 1.807) is 7.11 Å². The van der Waals surface area contributed by atoms with Crippen LogP contribution in [0.2, 0.25) is 0 Å². The molecule has 1 aromatic carbocycles. The second-order valence-electron chi connectivity index (χ2n) is 5.06. The fourth-order valence-electron chi connectivity index (χ4n) is 2.11. The Morgan fingerprint density at radius 3 is 2.70 bits per heavy atom. The first-order valence-electron chi connectivity index (χ1n) is 7.01. The molecule has 1 atom stereocenters. The maximum atomic E-state index is 11.2. The molecule has 0 aliphatic carbocycles. The van der Waals surface area contributed by atoms with E-state index in [0.717, 1.165) is 30.7 Å². The zero-order valence-corrected chi connectivity index (χ0v) is 13.4. The molecule has 114 valence electrons. The van der Waals surface area contributed by atoms with Crippen LogP contribution in [0, 0.1) is 0 Å². The summed E-state index contributed by atoms with van der Waals surface area (Å²) in [7, 11) is -1.24. The van der Waals surface area contributed by atoms with E-state index in [1.165, 1.54) is 6.26 Å². The molecule has 0 aliphatic rings. The number of ether oxygens (including phenoxy) is 1. The van der Waals surface area contributed by atoms with Crippen molar-refractivity contribution in [3.63, 3.8) is 0 Å². The van der Waals surface area contributed by atoms with Crippen LogP contribution in [0.15, 0.2) is 24.3 Å². The summed E-state index contributed by atoms with van der Waals surface area (Å²) in [6.45, 7) is 3.03. The highest BCUT2D eigenvalue weighted by Crippen LogP contribution is 2.23. The van der Waals surface area contributed by atoms with Crippen molar-refractivity contribution in [2.75, 3.05) is 25.7 Å². The zero-order valence-electron chi connectivity index (χ0n) is 12.6. The Labute approximate surface area is 122 Å². The van der Waals surface area contributed by atoms with Crippen LogP contribution in [-0.2, 0) is 9.84 Å². The number of sulfone groups is 1. The zero-order chi connectivity index (χ0) is 15.0. The highest BCUT2D eigenvalue weighted by Gasteiger charge is 2.12. The molecule has 0 fully saturated rings. The molecule has 1 N–H and O–H groups in total. The van der Waals surface area contributed by atoms with E-state index < -0.39 is 9.84 Å². The summed E-state index contributed by atoms with van der Waals surface area (Å²) in [5.41, 5.74) is 1.14. The van der Waals surface area contributed by atoms with Gasteiger partial charge in [0, 0.05) is 18.1 Å². The van der Waals surface area contributed by atoms with Crippen molar-refractivity contribution >= 4 is 9.84 Å². The molecule has 0 amide bonds. The van der Waals surface area contributed by atoms with Gasteiger partial charge >= 0.3 is 0 Å². The fraction of sp³-hybridized carbons (Fsp3) is 0.600. The average Bonchev–Trinajstić information content (AvgIpc) is 2.41. The second-order valence-corrected chi connectivity index (χ2v) is 7.32. The van der Waals surface area contributed by atoms with Crippen molar-refractivity contribution in [1.29, 1.82) is 0 Å². The van der Waals surface area contributed by atoms with Gasteiger partial charge in [0.25, 0.3) is 0 Å². The third kappa shape index (κ3) is 6.39. The van der Waals surface area contributed by atoms with Crippen LogP contribution in [0.25, 0.3) is 0 Å². The standard InChI is InChI=1S/C15H25NO3S/c1-4-10-16-15(9-6-11-20(3,17)18)13-7-5-8-14(12-13)19-2/h5,7-8,12,15-16H,4,6,9-11H2,1-3H3. The van der Waals surface area contributed by atoms with Gasteiger partial charge in [0.05, 0.1) is 7.11 Å². The van der Waals surface area contributed by atoms with Gasteiger partial charge in [0.2, 0.25) is 0 Å². The van der Waals surface area contributed by atoms with Gasteiger partial charge in [-0.15, -0.1) is 0 Å². The fourth-order valence-corrected chi connectivity index (χ4v) is 2.80. The van der Waals surface area contributed by atoms with Crippen molar-refractivity contribution in [3.05, 3.63) is 29.8 Å². The Kier molecular flexibility index (Phi) is 7.02. The number of nitrogens with one attached hydrogen (secondary N) is 1. The molecule has 1 aromatic rings. The maximum Gasteiger partial charge on any atom is 0.147 e. The number of hydrogen-bond acceptors (Lipinski definition) is 4. The lowest BCUT2D eigenvalue weighted by Crippen LogP contribution is -2.23. The molecule has 0 radical (unpaired) electrons. The van der Waals surface area contributed by atoms with E-state index in [2.05, 4.69) is 18.3 Å². The van der Waals surface area contributed by atoms with Crippen LogP contribution in [0.1, 0.15) is 37.8 Å². The van der Waals surface area contributed by atoms with Gasteiger partial charge in [-0.25, -0.2) is 8.42 Å². The highest BCUT2D eigenvalue weighted by atomic mass is 32.2. The van der Waals surface area contributed by atoms with Crippen molar-refractivity contribution in [3.8, 4) is 5.75 Å². The van der Waals surface area contributed by atoms with Gasteiger partial charge in [-0.1, -0.05) is 19.1 Å². The van der Waals surface area contributed by atoms with Crippen LogP contribution in [0.5, 0.6) is 5.75 Å². The SMILES string of the molecule is CCCNC(CCCS(C)(=O)=O)c1cccc(OC)c1. The van der Waals surface area contributed by atoms with E-state index in [4.69, 9.17) is 4.74 Å². The molecule has 5 heteroatoms. The lowest BCUT2D eigenvalue weighted by Gasteiger charge is -2.19. The molecule has 0 aromatic heterocycles. The molecule has 0 spiro atoms. The van der Waals surface area contributed by atoms with E-state index in [0.29, 0.717) is 6.42 Å². The van der Waals surface area contributed by atoms with Crippen LogP contribution in [-0.4, -0.2) is 34.1 Å². The molecular formula is C15H25NO3S. The van der Waals surface area contributed by atoms with Gasteiger partial charge in [0.1, 0.15) is 15.6 Å². The van der Waals surface area contributed by atoms with Crippen molar-refractivity contribution in [1.82, 2.24) is 5.32 Å². The van der Waals surface area contributed by atoms with Crippen LogP contribution >= 0.6 is 0 Å².